The molecule has 1 heterocycles. The van der Waals surface area contributed by atoms with Gasteiger partial charge >= 0.3 is 0 Å². The van der Waals surface area contributed by atoms with Gasteiger partial charge in [-0.2, -0.15) is 0 Å². The zero-order chi connectivity index (χ0) is 8.97. The number of hydrogen-bond donors (Lipinski definition) is 1. The zero-order valence-corrected chi connectivity index (χ0v) is 7.75. The summed E-state index contributed by atoms with van der Waals surface area (Å²) in [5.41, 5.74) is 0.834. The van der Waals surface area contributed by atoms with Crippen LogP contribution in [-0.4, -0.2) is 10.1 Å². The van der Waals surface area contributed by atoms with E-state index in [1.807, 2.05) is 6.92 Å². The quantitative estimate of drug-likeness (QED) is 0.735. The fourth-order valence-electron chi connectivity index (χ4n) is 1.02. The summed E-state index contributed by atoms with van der Waals surface area (Å²) in [5.74, 6) is 0. The predicted molar refractivity (Wildman–Crippen MR) is 49.1 cm³/mol. The third-order valence-corrected chi connectivity index (χ3v) is 1.92. The highest BCUT2D eigenvalue weighted by Crippen LogP contribution is 2.17. The Morgan fingerprint density at radius 3 is 2.83 bits per heavy atom. The first-order valence-electron chi connectivity index (χ1n) is 4.03. The molecular formula is C9H12ClNO. The second-order valence-electron chi connectivity index (χ2n) is 2.72. The highest BCUT2D eigenvalue weighted by molar-refractivity contribution is 6.29. The monoisotopic (exact) mass is 185 g/mol. The van der Waals surface area contributed by atoms with E-state index in [1.165, 1.54) is 0 Å². The maximum absolute atomic E-state index is 9.53. The van der Waals surface area contributed by atoms with Gasteiger partial charge in [-0.1, -0.05) is 31.0 Å². The molecule has 0 bridgehead atoms. The van der Waals surface area contributed by atoms with Crippen LogP contribution < -0.4 is 0 Å². The molecule has 1 aromatic heterocycles. The second kappa shape index (κ2) is 4.43. The predicted octanol–water partition coefficient (Wildman–Crippen LogP) is 2.57. The van der Waals surface area contributed by atoms with Crippen molar-refractivity contribution in [2.45, 2.75) is 25.9 Å². The Hall–Kier alpha value is -0.600. The minimum absolute atomic E-state index is 0.403. The largest absolute Gasteiger partial charge is 0.388 e. The van der Waals surface area contributed by atoms with Crippen molar-refractivity contribution in [1.29, 1.82) is 0 Å². The Balaban J connectivity index is 2.68. The summed E-state index contributed by atoms with van der Waals surface area (Å²) >= 11 is 5.60. The van der Waals surface area contributed by atoms with Gasteiger partial charge < -0.3 is 5.11 Å². The van der Waals surface area contributed by atoms with Crippen molar-refractivity contribution in [3.8, 4) is 0 Å². The van der Waals surface area contributed by atoms with Gasteiger partial charge in [0.1, 0.15) is 5.15 Å². The topological polar surface area (TPSA) is 33.1 Å². The summed E-state index contributed by atoms with van der Waals surface area (Å²) < 4.78 is 0. The van der Waals surface area contributed by atoms with Gasteiger partial charge in [-0.25, -0.2) is 4.98 Å². The van der Waals surface area contributed by atoms with Crippen LogP contribution in [0.1, 0.15) is 31.4 Å². The first kappa shape index (κ1) is 9.49. The average Bonchev–Trinajstić information content (AvgIpc) is 2.06. The van der Waals surface area contributed by atoms with E-state index in [2.05, 4.69) is 4.98 Å². The number of hydrogen-bond acceptors (Lipinski definition) is 2. The summed E-state index contributed by atoms with van der Waals surface area (Å²) in [7, 11) is 0. The lowest BCUT2D eigenvalue weighted by molar-refractivity contribution is 0.166. The van der Waals surface area contributed by atoms with Crippen LogP contribution >= 0.6 is 11.6 Å². The maximum atomic E-state index is 9.53. The molecule has 1 rings (SSSR count). The Morgan fingerprint density at radius 2 is 2.33 bits per heavy atom. The molecule has 0 unspecified atom stereocenters. The summed E-state index contributed by atoms with van der Waals surface area (Å²) in [6.07, 6.45) is 2.94. The van der Waals surface area contributed by atoms with Crippen LogP contribution in [0.25, 0.3) is 0 Å². The molecule has 0 saturated carbocycles. The SMILES string of the molecule is CCC[C@@H](O)c1ccc(Cl)nc1. The van der Waals surface area contributed by atoms with Crippen molar-refractivity contribution in [2.75, 3.05) is 0 Å². The molecular weight excluding hydrogens is 174 g/mol. The van der Waals surface area contributed by atoms with Crippen molar-refractivity contribution >= 4 is 11.6 Å². The molecule has 1 aromatic rings. The molecule has 0 radical (unpaired) electrons. The van der Waals surface area contributed by atoms with E-state index in [4.69, 9.17) is 11.6 Å². The standard InChI is InChI=1S/C9H12ClNO/c1-2-3-8(12)7-4-5-9(10)11-6-7/h4-6,8,12H,2-3H2,1H3/t8-/m1/s1. The fourth-order valence-corrected chi connectivity index (χ4v) is 1.14. The fraction of sp³-hybridized carbons (Fsp3) is 0.444. The van der Waals surface area contributed by atoms with Crippen LogP contribution in [0.3, 0.4) is 0 Å². The van der Waals surface area contributed by atoms with Gasteiger partial charge in [-0.3, -0.25) is 0 Å². The molecule has 0 fully saturated rings. The third kappa shape index (κ3) is 2.47. The number of aromatic nitrogens is 1. The van der Waals surface area contributed by atoms with Crippen LogP contribution in [0.2, 0.25) is 5.15 Å². The van der Waals surface area contributed by atoms with E-state index in [9.17, 15) is 5.11 Å². The molecule has 1 N–H and O–H groups in total. The molecule has 0 aliphatic rings. The Kier molecular flexibility index (Phi) is 3.50. The lowest BCUT2D eigenvalue weighted by Gasteiger charge is -2.07. The molecule has 2 nitrogen and oxygen atoms in total. The Bertz CT molecular complexity index is 235. The van der Waals surface area contributed by atoms with Crippen LogP contribution in [0.15, 0.2) is 18.3 Å². The van der Waals surface area contributed by atoms with Gasteiger partial charge in [-0.15, -0.1) is 0 Å². The van der Waals surface area contributed by atoms with Gasteiger partial charge in [0.15, 0.2) is 0 Å². The van der Waals surface area contributed by atoms with E-state index in [0.717, 1.165) is 18.4 Å². The molecule has 0 saturated heterocycles. The van der Waals surface area contributed by atoms with Crippen molar-refractivity contribution < 1.29 is 5.11 Å². The maximum Gasteiger partial charge on any atom is 0.129 e. The molecule has 1 atom stereocenters. The molecule has 66 valence electrons. The molecule has 0 aliphatic carbocycles. The number of rotatable bonds is 3. The minimum Gasteiger partial charge on any atom is -0.388 e. The van der Waals surface area contributed by atoms with Crippen LogP contribution in [0.5, 0.6) is 0 Å². The summed E-state index contributed by atoms with van der Waals surface area (Å²) in [6, 6.07) is 3.49. The number of aliphatic hydroxyl groups excluding tert-OH is 1. The highest BCUT2D eigenvalue weighted by Gasteiger charge is 2.05. The zero-order valence-electron chi connectivity index (χ0n) is 7.00. The molecule has 0 spiro atoms. The van der Waals surface area contributed by atoms with Gasteiger partial charge in [0, 0.05) is 6.20 Å². The van der Waals surface area contributed by atoms with Gasteiger partial charge in [0.2, 0.25) is 0 Å². The number of nitrogens with zero attached hydrogens (tertiary/aromatic N) is 1. The van der Waals surface area contributed by atoms with Crippen molar-refractivity contribution in [3.05, 3.63) is 29.0 Å². The number of aliphatic hydroxyl groups is 1. The first-order chi connectivity index (χ1) is 5.74. The highest BCUT2D eigenvalue weighted by atomic mass is 35.5. The molecule has 12 heavy (non-hydrogen) atoms. The van der Waals surface area contributed by atoms with E-state index in [1.54, 1.807) is 18.3 Å². The van der Waals surface area contributed by atoms with E-state index < -0.39 is 6.10 Å². The van der Waals surface area contributed by atoms with Crippen molar-refractivity contribution in [2.24, 2.45) is 0 Å². The molecule has 3 heteroatoms. The lowest BCUT2D eigenvalue weighted by atomic mass is 10.1. The van der Waals surface area contributed by atoms with Crippen LogP contribution in [0.4, 0.5) is 0 Å². The third-order valence-electron chi connectivity index (χ3n) is 1.70. The number of pyridine rings is 1. The van der Waals surface area contributed by atoms with Gasteiger partial charge in [0.25, 0.3) is 0 Å². The van der Waals surface area contributed by atoms with Gasteiger partial charge in [-0.05, 0) is 18.1 Å². The Morgan fingerprint density at radius 1 is 1.58 bits per heavy atom. The second-order valence-corrected chi connectivity index (χ2v) is 3.11. The molecule has 0 amide bonds. The van der Waals surface area contributed by atoms with E-state index in [0.29, 0.717) is 5.15 Å². The van der Waals surface area contributed by atoms with E-state index in [-0.39, 0.29) is 0 Å². The summed E-state index contributed by atoms with van der Waals surface area (Å²) in [4.78, 5) is 3.89. The minimum atomic E-state index is -0.403. The van der Waals surface area contributed by atoms with Crippen LogP contribution in [-0.2, 0) is 0 Å². The molecule has 0 aliphatic heterocycles. The molecule has 0 aromatic carbocycles. The number of halogens is 1. The summed E-state index contributed by atoms with van der Waals surface area (Å²) in [5, 5.41) is 9.99. The first-order valence-corrected chi connectivity index (χ1v) is 4.41. The van der Waals surface area contributed by atoms with Crippen molar-refractivity contribution in [1.82, 2.24) is 4.98 Å². The average molecular weight is 186 g/mol. The smallest absolute Gasteiger partial charge is 0.129 e. The Labute approximate surface area is 77.2 Å². The van der Waals surface area contributed by atoms with Crippen LogP contribution in [0, 0.1) is 0 Å². The lowest BCUT2D eigenvalue weighted by Crippen LogP contribution is -1.96. The van der Waals surface area contributed by atoms with E-state index >= 15 is 0 Å². The normalized spacial score (nSPS) is 12.9. The van der Waals surface area contributed by atoms with Crippen molar-refractivity contribution in [3.63, 3.8) is 0 Å². The van der Waals surface area contributed by atoms with Gasteiger partial charge in [0.05, 0.1) is 6.10 Å². The summed E-state index contributed by atoms with van der Waals surface area (Å²) in [6.45, 7) is 2.03.